The van der Waals surface area contributed by atoms with Crippen LogP contribution < -0.4 is 18.9 Å². The van der Waals surface area contributed by atoms with Crippen molar-refractivity contribution >= 4 is 21.4 Å². The van der Waals surface area contributed by atoms with Gasteiger partial charge in [0.1, 0.15) is 11.4 Å². The molecule has 8 nitrogen and oxygen atoms in total. The number of fused-ring (bicyclic) bond motifs is 2. The van der Waals surface area contributed by atoms with Gasteiger partial charge in [0.25, 0.3) is 10.0 Å². The van der Waals surface area contributed by atoms with Crippen LogP contribution in [0.4, 0.5) is 5.69 Å². The lowest BCUT2D eigenvalue weighted by Gasteiger charge is -2.14. The Labute approximate surface area is 185 Å². The predicted octanol–water partition coefficient (Wildman–Crippen LogP) is 3.97. The number of hydrogen-bond acceptors (Lipinski definition) is 6. The Morgan fingerprint density at radius 3 is 2.69 bits per heavy atom. The summed E-state index contributed by atoms with van der Waals surface area (Å²) in [5, 5.41) is 0. The van der Waals surface area contributed by atoms with Crippen LogP contribution in [0.1, 0.15) is 6.42 Å². The first-order chi connectivity index (χ1) is 15.5. The lowest BCUT2D eigenvalue weighted by atomic mass is 10.1. The number of pyridine rings is 1. The third-order valence-electron chi connectivity index (χ3n) is 5.13. The Kier molecular flexibility index (Phi) is 5.10. The molecule has 2 aromatic carbocycles. The molecule has 2 aromatic heterocycles. The molecular formula is C23H21N3O5S. The van der Waals surface area contributed by atoms with Gasteiger partial charge in [0.05, 0.1) is 36.6 Å². The van der Waals surface area contributed by atoms with E-state index in [-0.39, 0.29) is 4.90 Å². The summed E-state index contributed by atoms with van der Waals surface area (Å²) in [5.74, 6) is 1.35. The van der Waals surface area contributed by atoms with Crippen molar-refractivity contribution in [2.75, 3.05) is 25.0 Å². The number of hydrogen-bond donors (Lipinski definition) is 1. The summed E-state index contributed by atoms with van der Waals surface area (Å²) >= 11 is 0. The zero-order valence-electron chi connectivity index (χ0n) is 17.3. The smallest absolute Gasteiger partial charge is 0.262 e. The SMILES string of the molecule is COc1ccc(-c2cn3ccccc3n2)cc1NS(=O)(=O)c1ccc2c(c1)OCCCO2. The molecular weight excluding hydrogens is 430 g/mol. The highest BCUT2D eigenvalue weighted by atomic mass is 32.2. The molecule has 1 aliphatic heterocycles. The van der Waals surface area contributed by atoms with Crippen LogP contribution in [0.3, 0.4) is 0 Å². The summed E-state index contributed by atoms with van der Waals surface area (Å²) in [7, 11) is -2.41. The number of rotatable bonds is 5. The van der Waals surface area contributed by atoms with E-state index in [9.17, 15) is 8.42 Å². The fourth-order valence-corrected chi connectivity index (χ4v) is 4.61. The molecule has 1 N–H and O–H groups in total. The molecule has 0 amide bonds. The van der Waals surface area contributed by atoms with Crippen LogP contribution in [0.15, 0.2) is 71.9 Å². The maximum absolute atomic E-state index is 13.1. The third-order valence-corrected chi connectivity index (χ3v) is 6.50. The van der Waals surface area contributed by atoms with Gasteiger partial charge >= 0.3 is 0 Å². The second kappa shape index (κ2) is 8.08. The van der Waals surface area contributed by atoms with E-state index in [2.05, 4.69) is 9.71 Å². The minimum atomic E-state index is -3.91. The fraction of sp³-hybridized carbons (Fsp3) is 0.174. The van der Waals surface area contributed by atoms with Crippen LogP contribution in [0.25, 0.3) is 16.9 Å². The van der Waals surface area contributed by atoms with Gasteiger partial charge in [0, 0.05) is 30.4 Å². The number of nitrogens with one attached hydrogen (secondary N) is 1. The zero-order chi connectivity index (χ0) is 22.1. The maximum atomic E-state index is 13.1. The second-order valence-corrected chi connectivity index (χ2v) is 8.95. The van der Waals surface area contributed by atoms with Crippen molar-refractivity contribution in [3.8, 4) is 28.5 Å². The summed E-state index contributed by atoms with van der Waals surface area (Å²) in [6.07, 6.45) is 4.53. The van der Waals surface area contributed by atoms with E-state index in [1.807, 2.05) is 41.1 Å². The number of nitrogens with zero attached hydrogens (tertiary/aromatic N) is 2. The van der Waals surface area contributed by atoms with E-state index in [1.165, 1.54) is 19.2 Å². The van der Waals surface area contributed by atoms with Crippen molar-refractivity contribution in [1.82, 2.24) is 9.38 Å². The number of aromatic nitrogens is 2. The Balaban J connectivity index is 1.50. The Morgan fingerprint density at radius 2 is 1.88 bits per heavy atom. The van der Waals surface area contributed by atoms with Crippen LogP contribution in [-0.2, 0) is 10.0 Å². The molecule has 0 atom stereocenters. The number of anilines is 1. The number of imidazole rings is 1. The van der Waals surface area contributed by atoms with Crippen LogP contribution >= 0.6 is 0 Å². The second-order valence-electron chi connectivity index (χ2n) is 7.27. The molecule has 4 aromatic rings. The highest BCUT2D eigenvalue weighted by molar-refractivity contribution is 7.92. The molecule has 0 spiro atoms. The molecule has 0 radical (unpaired) electrons. The van der Waals surface area contributed by atoms with Crippen molar-refractivity contribution < 1.29 is 22.6 Å². The highest BCUT2D eigenvalue weighted by Gasteiger charge is 2.21. The lowest BCUT2D eigenvalue weighted by Crippen LogP contribution is -2.14. The van der Waals surface area contributed by atoms with E-state index in [0.29, 0.717) is 36.1 Å². The predicted molar refractivity (Wildman–Crippen MR) is 120 cm³/mol. The van der Waals surface area contributed by atoms with Gasteiger partial charge in [0.2, 0.25) is 0 Å². The molecule has 0 unspecified atom stereocenters. The number of sulfonamides is 1. The summed E-state index contributed by atoms with van der Waals surface area (Å²) < 4.78 is 47.4. The minimum Gasteiger partial charge on any atom is -0.495 e. The Hall–Kier alpha value is -3.72. The largest absolute Gasteiger partial charge is 0.495 e. The van der Waals surface area contributed by atoms with Crippen molar-refractivity contribution in [3.63, 3.8) is 0 Å². The standard InChI is InChI=1S/C23H21N3O5S/c1-29-20-8-6-16(19-15-26-10-3-2-5-23(26)24-19)13-18(20)25-32(27,28)17-7-9-21-22(14-17)31-12-4-11-30-21/h2-3,5-10,13-15,25H,4,11-12H2,1H3. The summed E-state index contributed by atoms with van der Waals surface area (Å²) in [6.45, 7) is 1.00. The quantitative estimate of drug-likeness (QED) is 0.494. The average molecular weight is 452 g/mol. The summed E-state index contributed by atoms with van der Waals surface area (Å²) in [6, 6.07) is 15.6. The molecule has 164 valence electrons. The van der Waals surface area contributed by atoms with Crippen LogP contribution in [0.2, 0.25) is 0 Å². The monoisotopic (exact) mass is 451 g/mol. The molecule has 0 saturated heterocycles. The zero-order valence-corrected chi connectivity index (χ0v) is 18.1. The molecule has 0 saturated carbocycles. The average Bonchev–Trinajstić information content (AvgIpc) is 3.09. The van der Waals surface area contributed by atoms with Gasteiger partial charge in [-0.15, -0.1) is 0 Å². The van der Waals surface area contributed by atoms with Crippen molar-refractivity contribution in [1.29, 1.82) is 0 Å². The van der Waals surface area contributed by atoms with E-state index >= 15 is 0 Å². The topological polar surface area (TPSA) is 91.2 Å². The van der Waals surface area contributed by atoms with Gasteiger partial charge in [-0.05, 0) is 42.5 Å². The molecule has 5 rings (SSSR count). The van der Waals surface area contributed by atoms with E-state index < -0.39 is 10.0 Å². The van der Waals surface area contributed by atoms with Gasteiger partial charge in [-0.2, -0.15) is 0 Å². The number of benzene rings is 2. The molecule has 32 heavy (non-hydrogen) atoms. The van der Waals surface area contributed by atoms with Gasteiger partial charge in [-0.1, -0.05) is 6.07 Å². The van der Waals surface area contributed by atoms with Crippen molar-refractivity contribution in [2.24, 2.45) is 0 Å². The highest BCUT2D eigenvalue weighted by Crippen LogP contribution is 2.35. The minimum absolute atomic E-state index is 0.0712. The van der Waals surface area contributed by atoms with Gasteiger partial charge in [0.15, 0.2) is 11.5 Å². The first-order valence-electron chi connectivity index (χ1n) is 10.1. The van der Waals surface area contributed by atoms with Crippen LogP contribution in [0.5, 0.6) is 17.2 Å². The summed E-state index contributed by atoms with van der Waals surface area (Å²) in [4.78, 5) is 4.68. The van der Waals surface area contributed by atoms with Gasteiger partial charge in [-0.25, -0.2) is 13.4 Å². The van der Waals surface area contributed by atoms with Crippen molar-refractivity contribution in [2.45, 2.75) is 11.3 Å². The third kappa shape index (κ3) is 3.82. The summed E-state index contributed by atoms with van der Waals surface area (Å²) in [5.41, 5.74) is 2.59. The molecule has 1 aliphatic rings. The maximum Gasteiger partial charge on any atom is 0.262 e. The Morgan fingerprint density at radius 1 is 1.03 bits per heavy atom. The first-order valence-corrected chi connectivity index (χ1v) is 11.6. The fourth-order valence-electron chi connectivity index (χ4n) is 3.54. The van der Waals surface area contributed by atoms with E-state index in [0.717, 1.165) is 23.3 Å². The number of ether oxygens (including phenoxy) is 3. The molecule has 9 heteroatoms. The normalized spacial score (nSPS) is 13.5. The van der Waals surface area contributed by atoms with Crippen LogP contribution in [-0.4, -0.2) is 38.1 Å². The molecule has 0 fully saturated rings. The van der Waals surface area contributed by atoms with Crippen LogP contribution in [0, 0.1) is 0 Å². The Bertz CT molecular complexity index is 1370. The molecule has 0 bridgehead atoms. The lowest BCUT2D eigenvalue weighted by molar-refractivity contribution is 0.297. The number of methoxy groups -OCH3 is 1. The molecule has 3 heterocycles. The molecule has 0 aliphatic carbocycles. The first kappa shape index (κ1) is 20.2. The van der Waals surface area contributed by atoms with Crippen molar-refractivity contribution in [3.05, 3.63) is 67.0 Å². The van der Waals surface area contributed by atoms with Gasteiger partial charge in [-0.3, -0.25) is 4.72 Å². The van der Waals surface area contributed by atoms with E-state index in [4.69, 9.17) is 14.2 Å². The van der Waals surface area contributed by atoms with E-state index in [1.54, 1.807) is 18.2 Å². The van der Waals surface area contributed by atoms with Gasteiger partial charge < -0.3 is 18.6 Å².